The third kappa shape index (κ3) is 4.67. The van der Waals surface area contributed by atoms with E-state index in [1.807, 2.05) is 19.1 Å². The second-order valence-corrected chi connectivity index (χ2v) is 8.14. The van der Waals surface area contributed by atoms with Crippen LogP contribution < -0.4 is 21.1 Å². The molecule has 0 radical (unpaired) electrons. The smallest absolute Gasteiger partial charge is 0.270 e. The number of halogens is 2. The fraction of sp³-hybridized carbons (Fsp3) is 0.391. The molecule has 2 aromatic carbocycles. The number of methoxy groups -OCH3 is 1. The van der Waals surface area contributed by atoms with Crippen molar-refractivity contribution >= 4 is 28.0 Å². The summed E-state index contributed by atoms with van der Waals surface area (Å²) in [6.07, 6.45) is 0.916. The highest BCUT2D eigenvalue weighted by molar-refractivity contribution is 5.97. The van der Waals surface area contributed by atoms with E-state index >= 15 is 0 Å². The fourth-order valence-corrected chi connectivity index (χ4v) is 3.85. The van der Waals surface area contributed by atoms with Crippen LogP contribution in [0.1, 0.15) is 30.2 Å². The van der Waals surface area contributed by atoms with Gasteiger partial charge < -0.3 is 25.8 Å². The van der Waals surface area contributed by atoms with E-state index in [4.69, 9.17) is 15.2 Å². The molecule has 170 valence electrons. The first-order valence-corrected chi connectivity index (χ1v) is 10.5. The van der Waals surface area contributed by atoms with Gasteiger partial charge in [-0.25, -0.2) is 8.78 Å². The Kier molecular flexibility index (Phi) is 6.01. The average Bonchev–Trinajstić information content (AvgIpc) is 3.25. The molecule has 0 spiro atoms. The van der Waals surface area contributed by atoms with Crippen molar-refractivity contribution in [3.63, 3.8) is 0 Å². The first kappa shape index (κ1) is 22.0. The molecular formula is C23H27F2N5O2. The SMILES string of the molecule is COc1cc2c(C)nnc(NCc3cc(N)cc(C(C)(F)F)c3)c2cc1NC1CCOC1. The zero-order valence-corrected chi connectivity index (χ0v) is 18.3. The number of nitrogens with zero attached hydrogens (tertiary/aromatic N) is 2. The van der Waals surface area contributed by atoms with E-state index in [0.29, 0.717) is 23.7 Å². The molecule has 0 amide bonds. The summed E-state index contributed by atoms with van der Waals surface area (Å²) >= 11 is 0. The van der Waals surface area contributed by atoms with Crippen LogP contribution in [0.15, 0.2) is 30.3 Å². The van der Waals surface area contributed by atoms with Crippen molar-refractivity contribution in [1.29, 1.82) is 0 Å². The monoisotopic (exact) mass is 443 g/mol. The molecular weight excluding hydrogens is 416 g/mol. The van der Waals surface area contributed by atoms with Gasteiger partial charge in [0.15, 0.2) is 5.82 Å². The standard InChI is InChI=1S/C23H27F2N5O2/c1-13-18-10-21(31-3)20(28-17-4-5-32-12-17)9-19(18)22(30-29-13)27-11-14-6-15(23(2,24)25)8-16(26)7-14/h6-10,17,28H,4-5,11-12,26H2,1-3H3,(H,27,30). The molecule has 1 unspecified atom stereocenters. The Morgan fingerprint density at radius 1 is 1.19 bits per heavy atom. The maximum atomic E-state index is 13.8. The van der Waals surface area contributed by atoms with Gasteiger partial charge in [0.05, 0.1) is 31.1 Å². The highest BCUT2D eigenvalue weighted by atomic mass is 19.3. The molecule has 3 aromatic rings. The molecule has 1 atom stereocenters. The van der Waals surface area contributed by atoms with Crippen LogP contribution in [0.3, 0.4) is 0 Å². The van der Waals surface area contributed by atoms with Crippen LogP contribution in [0.4, 0.5) is 26.0 Å². The van der Waals surface area contributed by atoms with Crippen LogP contribution in [0.25, 0.3) is 10.8 Å². The number of nitrogen functional groups attached to an aromatic ring is 1. The first-order chi connectivity index (χ1) is 15.2. The third-order valence-corrected chi connectivity index (χ3v) is 5.56. The molecule has 1 fully saturated rings. The highest BCUT2D eigenvalue weighted by Crippen LogP contribution is 2.35. The quantitative estimate of drug-likeness (QED) is 0.464. The lowest BCUT2D eigenvalue weighted by Crippen LogP contribution is -2.19. The molecule has 32 heavy (non-hydrogen) atoms. The van der Waals surface area contributed by atoms with Crippen molar-refractivity contribution in [2.45, 2.75) is 38.8 Å². The van der Waals surface area contributed by atoms with Crippen molar-refractivity contribution in [3.05, 3.63) is 47.2 Å². The third-order valence-electron chi connectivity index (χ3n) is 5.56. The summed E-state index contributed by atoms with van der Waals surface area (Å²) in [6.45, 7) is 4.37. The zero-order chi connectivity index (χ0) is 22.9. The summed E-state index contributed by atoms with van der Waals surface area (Å²) in [4.78, 5) is 0. The lowest BCUT2D eigenvalue weighted by molar-refractivity contribution is 0.0174. The lowest BCUT2D eigenvalue weighted by Gasteiger charge is -2.18. The van der Waals surface area contributed by atoms with Crippen LogP contribution in [0.2, 0.25) is 0 Å². The van der Waals surface area contributed by atoms with Gasteiger partial charge in [-0.05, 0) is 49.2 Å². The second-order valence-electron chi connectivity index (χ2n) is 8.14. The minimum absolute atomic E-state index is 0.121. The topological polar surface area (TPSA) is 94.3 Å². The maximum absolute atomic E-state index is 13.8. The van der Waals surface area contributed by atoms with Gasteiger partial charge >= 0.3 is 0 Å². The number of hydrogen-bond donors (Lipinski definition) is 3. The predicted octanol–water partition coefficient (Wildman–Crippen LogP) is 4.45. The predicted molar refractivity (Wildman–Crippen MR) is 121 cm³/mol. The molecule has 2 heterocycles. The zero-order valence-electron chi connectivity index (χ0n) is 18.3. The van der Waals surface area contributed by atoms with E-state index in [1.165, 1.54) is 12.1 Å². The Morgan fingerprint density at radius 2 is 2.00 bits per heavy atom. The van der Waals surface area contributed by atoms with E-state index < -0.39 is 5.92 Å². The van der Waals surface area contributed by atoms with Gasteiger partial charge in [-0.1, -0.05) is 0 Å². The van der Waals surface area contributed by atoms with Gasteiger partial charge in [-0.3, -0.25) is 0 Å². The molecule has 7 nitrogen and oxygen atoms in total. The van der Waals surface area contributed by atoms with E-state index in [1.54, 1.807) is 13.2 Å². The van der Waals surface area contributed by atoms with Crippen molar-refractivity contribution in [3.8, 4) is 5.75 Å². The van der Waals surface area contributed by atoms with Gasteiger partial charge in [0.25, 0.3) is 5.92 Å². The number of hydrogen-bond acceptors (Lipinski definition) is 7. The van der Waals surface area contributed by atoms with Crippen molar-refractivity contribution in [2.24, 2.45) is 0 Å². The first-order valence-electron chi connectivity index (χ1n) is 10.5. The van der Waals surface area contributed by atoms with E-state index in [2.05, 4.69) is 20.8 Å². The number of rotatable bonds is 7. The molecule has 0 saturated carbocycles. The minimum atomic E-state index is -2.97. The Balaban J connectivity index is 1.67. The lowest BCUT2D eigenvalue weighted by atomic mass is 10.0. The van der Waals surface area contributed by atoms with Crippen LogP contribution in [-0.2, 0) is 17.2 Å². The normalized spacial score (nSPS) is 16.3. The molecule has 4 rings (SSSR count). The molecule has 4 N–H and O–H groups in total. The largest absolute Gasteiger partial charge is 0.495 e. The van der Waals surface area contributed by atoms with E-state index in [9.17, 15) is 8.78 Å². The number of anilines is 3. The summed E-state index contributed by atoms with van der Waals surface area (Å²) in [6, 6.07) is 8.52. The van der Waals surface area contributed by atoms with Crippen molar-refractivity contribution in [1.82, 2.24) is 10.2 Å². The number of benzene rings is 2. The summed E-state index contributed by atoms with van der Waals surface area (Å²) in [5, 5.41) is 17.0. The number of aromatic nitrogens is 2. The summed E-state index contributed by atoms with van der Waals surface area (Å²) in [5.74, 6) is -1.72. The van der Waals surface area contributed by atoms with Gasteiger partial charge in [0, 0.05) is 42.1 Å². The highest BCUT2D eigenvalue weighted by Gasteiger charge is 2.25. The summed E-state index contributed by atoms with van der Waals surface area (Å²) in [7, 11) is 1.63. The number of nitrogens with one attached hydrogen (secondary N) is 2. The summed E-state index contributed by atoms with van der Waals surface area (Å²) in [5.41, 5.74) is 8.24. The van der Waals surface area contributed by atoms with Crippen LogP contribution in [-0.4, -0.2) is 36.6 Å². The number of fused-ring (bicyclic) bond motifs is 1. The number of nitrogens with two attached hydrogens (primary N) is 1. The fourth-order valence-electron chi connectivity index (χ4n) is 3.85. The minimum Gasteiger partial charge on any atom is -0.495 e. The summed E-state index contributed by atoms with van der Waals surface area (Å²) < 4.78 is 38.6. The van der Waals surface area contributed by atoms with E-state index in [-0.39, 0.29) is 23.8 Å². The number of ether oxygens (including phenoxy) is 2. The van der Waals surface area contributed by atoms with Gasteiger partial charge in [-0.15, -0.1) is 5.10 Å². The molecule has 9 heteroatoms. The molecule has 1 saturated heterocycles. The maximum Gasteiger partial charge on any atom is 0.270 e. The van der Waals surface area contributed by atoms with E-state index in [0.717, 1.165) is 42.1 Å². The molecule has 0 bridgehead atoms. The van der Waals surface area contributed by atoms with Crippen LogP contribution in [0, 0.1) is 6.92 Å². The Hall–Kier alpha value is -3.20. The number of alkyl halides is 2. The molecule has 0 aliphatic carbocycles. The van der Waals surface area contributed by atoms with Crippen LogP contribution >= 0.6 is 0 Å². The molecule has 1 aliphatic heterocycles. The van der Waals surface area contributed by atoms with Crippen molar-refractivity contribution < 1.29 is 18.3 Å². The van der Waals surface area contributed by atoms with Crippen LogP contribution in [0.5, 0.6) is 5.75 Å². The van der Waals surface area contributed by atoms with Gasteiger partial charge in [0.1, 0.15) is 5.75 Å². The molecule has 1 aromatic heterocycles. The van der Waals surface area contributed by atoms with Gasteiger partial charge in [0.2, 0.25) is 0 Å². The Labute approximate surface area is 185 Å². The average molecular weight is 443 g/mol. The molecule has 1 aliphatic rings. The van der Waals surface area contributed by atoms with Crippen molar-refractivity contribution in [2.75, 3.05) is 36.7 Å². The number of aryl methyl sites for hydroxylation is 1. The Bertz CT molecular complexity index is 1130. The second kappa shape index (κ2) is 8.74. The van der Waals surface area contributed by atoms with Gasteiger partial charge in [-0.2, -0.15) is 5.10 Å². The Morgan fingerprint density at radius 3 is 2.69 bits per heavy atom.